The third kappa shape index (κ3) is 5.30. The Bertz CT molecular complexity index is 835. The van der Waals surface area contributed by atoms with Crippen LogP contribution in [0.2, 0.25) is 0 Å². The van der Waals surface area contributed by atoms with E-state index in [0.29, 0.717) is 0 Å². The van der Waals surface area contributed by atoms with Gasteiger partial charge in [-0.15, -0.1) is 0 Å². The van der Waals surface area contributed by atoms with Crippen LogP contribution in [0.4, 0.5) is 0 Å². The minimum absolute atomic E-state index is 0.0363. The molecule has 3 aromatic rings. The standard InChI is InChI=1S/C28H29IO/c1-3-23(2)19-20-27(21-22-29)30-28(24-13-7-4-8-14-24,25-15-9-5-10-16-25)26-17-11-6-12-18-26/h4-18,21-22,27H,2-3,19-20H2,1H3. The fourth-order valence-electron chi connectivity index (χ4n) is 3.75. The van der Waals surface area contributed by atoms with Crippen molar-refractivity contribution in [2.45, 2.75) is 37.9 Å². The predicted molar refractivity (Wildman–Crippen MR) is 136 cm³/mol. The number of allylic oxidation sites excluding steroid dienone is 1. The highest BCUT2D eigenvalue weighted by atomic mass is 127. The molecule has 1 unspecified atom stereocenters. The van der Waals surface area contributed by atoms with E-state index in [-0.39, 0.29) is 6.10 Å². The fourth-order valence-corrected chi connectivity index (χ4v) is 4.21. The molecular formula is C28H29IO. The van der Waals surface area contributed by atoms with E-state index in [1.54, 1.807) is 0 Å². The van der Waals surface area contributed by atoms with Gasteiger partial charge in [-0.05, 0) is 46.1 Å². The third-order valence-electron chi connectivity index (χ3n) is 5.44. The van der Waals surface area contributed by atoms with Crippen molar-refractivity contribution in [1.29, 1.82) is 0 Å². The first kappa shape index (κ1) is 22.5. The second kappa shape index (κ2) is 11.3. The molecule has 0 bridgehead atoms. The third-order valence-corrected chi connectivity index (χ3v) is 5.85. The van der Waals surface area contributed by atoms with E-state index in [9.17, 15) is 0 Å². The van der Waals surface area contributed by atoms with E-state index in [1.807, 2.05) is 0 Å². The van der Waals surface area contributed by atoms with Gasteiger partial charge >= 0.3 is 0 Å². The van der Waals surface area contributed by atoms with Crippen LogP contribution in [-0.2, 0) is 10.3 Å². The number of rotatable bonds is 10. The quantitative estimate of drug-likeness (QED) is 0.153. The van der Waals surface area contributed by atoms with Gasteiger partial charge in [-0.25, -0.2) is 0 Å². The summed E-state index contributed by atoms with van der Waals surface area (Å²) in [5.41, 5.74) is 3.95. The van der Waals surface area contributed by atoms with Gasteiger partial charge in [0.2, 0.25) is 0 Å². The maximum Gasteiger partial charge on any atom is 0.144 e. The Morgan fingerprint density at radius 3 is 1.67 bits per heavy atom. The van der Waals surface area contributed by atoms with Gasteiger partial charge in [-0.2, -0.15) is 0 Å². The topological polar surface area (TPSA) is 9.23 Å². The lowest BCUT2D eigenvalue weighted by atomic mass is 9.79. The maximum atomic E-state index is 7.10. The second-order valence-electron chi connectivity index (χ2n) is 7.40. The van der Waals surface area contributed by atoms with Crippen molar-refractivity contribution in [3.63, 3.8) is 0 Å². The van der Waals surface area contributed by atoms with E-state index in [0.717, 1.165) is 36.0 Å². The molecule has 1 nitrogen and oxygen atoms in total. The van der Waals surface area contributed by atoms with Crippen molar-refractivity contribution >= 4 is 22.6 Å². The summed E-state index contributed by atoms with van der Waals surface area (Å²) in [6, 6.07) is 31.6. The molecule has 0 saturated heterocycles. The summed E-state index contributed by atoms with van der Waals surface area (Å²) in [5.74, 6) is 0. The highest BCUT2D eigenvalue weighted by molar-refractivity contribution is 14.1. The van der Waals surface area contributed by atoms with Gasteiger partial charge in [0.25, 0.3) is 0 Å². The summed E-state index contributed by atoms with van der Waals surface area (Å²) in [6.07, 6.45) is 4.98. The first-order valence-electron chi connectivity index (χ1n) is 10.5. The molecule has 30 heavy (non-hydrogen) atoms. The van der Waals surface area contributed by atoms with Crippen LogP contribution in [0, 0.1) is 0 Å². The van der Waals surface area contributed by atoms with Crippen LogP contribution < -0.4 is 0 Å². The highest BCUT2D eigenvalue weighted by Gasteiger charge is 2.39. The summed E-state index contributed by atoms with van der Waals surface area (Å²) in [7, 11) is 0. The first-order chi connectivity index (χ1) is 14.7. The Hall–Kier alpha value is -2.17. The number of halogens is 1. The molecule has 0 aromatic heterocycles. The van der Waals surface area contributed by atoms with Gasteiger partial charge in [0.15, 0.2) is 0 Å². The fraction of sp³-hybridized carbons (Fsp3) is 0.214. The van der Waals surface area contributed by atoms with Gasteiger partial charge in [-0.1, -0.05) is 133 Å². The first-order valence-corrected chi connectivity index (χ1v) is 11.7. The zero-order chi connectivity index (χ0) is 21.2. The molecule has 0 spiro atoms. The van der Waals surface area contributed by atoms with Crippen LogP contribution in [0.25, 0.3) is 0 Å². The molecule has 0 N–H and O–H groups in total. The van der Waals surface area contributed by atoms with Crippen LogP contribution in [0.1, 0.15) is 42.9 Å². The van der Waals surface area contributed by atoms with Crippen molar-refractivity contribution in [3.8, 4) is 0 Å². The van der Waals surface area contributed by atoms with Crippen molar-refractivity contribution in [1.82, 2.24) is 0 Å². The molecule has 0 aliphatic heterocycles. The number of ether oxygens (including phenoxy) is 1. The molecule has 3 aromatic carbocycles. The monoisotopic (exact) mass is 508 g/mol. The Labute approximate surface area is 194 Å². The predicted octanol–water partition coefficient (Wildman–Crippen LogP) is 8.06. The Morgan fingerprint density at radius 1 is 0.867 bits per heavy atom. The zero-order valence-corrected chi connectivity index (χ0v) is 19.7. The molecule has 0 amide bonds. The van der Waals surface area contributed by atoms with Crippen molar-refractivity contribution in [2.24, 2.45) is 0 Å². The smallest absolute Gasteiger partial charge is 0.144 e. The maximum absolute atomic E-state index is 7.10. The van der Waals surface area contributed by atoms with Crippen molar-refractivity contribution in [3.05, 3.63) is 130 Å². The Balaban J connectivity index is 2.16. The molecule has 0 aliphatic rings. The number of hydrogen-bond acceptors (Lipinski definition) is 1. The minimum atomic E-state index is -0.696. The number of benzene rings is 3. The van der Waals surface area contributed by atoms with E-state index < -0.39 is 5.60 Å². The molecule has 0 radical (unpaired) electrons. The molecule has 154 valence electrons. The van der Waals surface area contributed by atoms with Crippen molar-refractivity contribution in [2.75, 3.05) is 0 Å². The lowest BCUT2D eigenvalue weighted by molar-refractivity contribution is -0.0274. The van der Waals surface area contributed by atoms with Crippen LogP contribution in [0.3, 0.4) is 0 Å². The van der Waals surface area contributed by atoms with Crippen LogP contribution >= 0.6 is 22.6 Å². The summed E-state index contributed by atoms with van der Waals surface area (Å²) < 4.78 is 9.16. The zero-order valence-electron chi connectivity index (χ0n) is 17.5. The highest BCUT2D eigenvalue weighted by Crippen LogP contribution is 2.42. The lowest BCUT2D eigenvalue weighted by Gasteiger charge is -2.38. The largest absolute Gasteiger partial charge is 0.354 e. The van der Waals surface area contributed by atoms with Gasteiger partial charge < -0.3 is 4.74 Å². The molecule has 0 fully saturated rings. The normalized spacial score (nSPS) is 12.7. The summed E-state index contributed by atoms with van der Waals surface area (Å²) in [6.45, 7) is 6.36. The average Bonchev–Trinajstić information content (AvgIpc) is 2.82. The summed E-state index contributed by atoms with van der Waals surface area (Å²) in [5, 5.41) is 0. The molecular weight excluding hydrogens is 479 g/mol. The minimum Gasteiger partial charge on any atom is -0.354 e. The van der Waals surface area contributed by atoms with Crippen LogP contribution in [-0.4, -0.2) is 6.10 Å². The van der Waals surface area contributed by atoms with Crippen molar-refractivity contribution < 1.29 is 4.74 Å². The Kier molecular flexibility index (Phi) is 8.47. The van der Waals surface area contributed by atoms with E-state index in [2.05, 4.69) is 137 Å². The molecule has 2 heteroatoms. The second-order valence-corrected chi connectivity index (χ2v) is 8.12. The summed E-state index contributed by atoms with van der Waals surface area (Å²) >= 11 is 2.28. The molecule has 1 atom stereocenters. The Morgan fingerprint density at radius 2 is 1.30 bits per heavy atom. The number of hydrogen-bond donors (Lipinski definition) is 0. The van der Waals surface area contributed by atoms with E-state index >= 15 is 0 Å². The van der Waals surface area contributed by atoms with Gasteiger partial charge in [-0.3, -0.25) is 0 Å². The van der Waals surface area contributed by atoms with Gasteiger partial charge in [0.1, 0.15) is 5.60 Å². The van der Waals surface area contributed by atoms with Gasteiger partial charge in [0, 0.05) is 0 Å². The summed E-state index contributed by atoms with van der Waals surface area (Å²) in [4.78, 5) is 0. The molecule has 0 aliphatic carbocycles. The molecule has 0 saturated carbocycles. The molecule has 0 heterocycles. The average molecular weight is 508 g/mol. The van der Waals surface area contributed by atoms with Crippen LogP contribution in [0.15, 0.2) is 113 Å². The van der Waals surface area contributed by atoms with E-state index in [4.69, 9.17) is 4.74 Å². The van der Waals surface area contributed by atoms with E-state index in [1.165, 1.54) is 5.57 Å². The lowest BCUT2D eigenvalue weighted by Crippen LogP contribution is -2.36. The van der Waals surface area contributed by atoms with Crippen LogP contribution in [0.5, 0.6) is 0 Å². The molecule has 3 rings (SSSR count). The SMILES string of the molecule is C=C(CC)CCC(C=CI)OC(c1ccccc1)(c1ccccc1)c1ccccc1. The van der Waals surface area contributed by atoms with Gasteiger partial charge in [0.05, 0.1) is 6.10 Å².